The first-order valence-electron chi connectivity index (χ1n) is 7.25. The van der Waals surface area contributed by atoms with E-state index in [0.29, 0.717) is 16.3 Å². The van der Waals surface area contributed by atoms with Crippen LogP contribution in [0.15, 0.2) is 60.0 Å². The van der Waals surface area contributed by atoms with Crippen molar-refractivity contribution in [2.45, 2.75) is 18.7 Å². The molecule has 24 heavy (non-hydrogen) atoms. The Labute approximate surface area is 146 Å². The van der Waals surface area contributed by atoms with Crippen molar-refractivity contribution in [1.82, 2.24) is 9.55 Å². The summed E-state index contributed by atoms with van der Waals surface area (Å²) in [5.41, 5.74) is 2.71. The number of anilines is 1. The molecule has 0 atom stereocenters. The van der Waals surface area contributed by atoms with Crippen molar-refractivity contribution >= 4 is 27.3 Å². The Kier molecular flexibility index (Phi) is 4.34. The zero-order valence-electron chi connectivity index (χ0n) is 13.2. The van der Waals surface area contributed by atoms with Crippen LogP contribution in [0.25, 0.3) is 5.69 Å². The summed E-state index contributed by atoms with van der Waals surface area (Å²) in [7, 11) is -3.68. The van der Waals surface area contributed by atoms with E-state index in [2.05, 4.69) is 9.71 Å². The first-order valence-corrected chi connectivity index (χ1v) is 9.11. The highest BCUT2D eigenvalue weighted by atomic mass is 35.5. The molecule has 0 saturated carbocycles. The van der Waals surface area contributed by atoms with Crippen molar-refractivity contribution in [3.05, 3.63) is 71.3 Å². The SMILES string of the molecule is Cc1cc(S(=O)(=O)Nc2ccc(-n3ccnc3)cc2)c(C)cc1Cl. The molecule has 0 fully saturated rings. The molecule has 124 valence electrons. The number of aryl methyl sites for hydroxylation is 2. The average molecular weight is 362 g/mol. The summed E-state index contributed by atoms with van der Waals surface area (Å²) < 4.78 is 29.7. The van der Waals surface area contributed by atoms with Crippen LogP contribution in [-0.4, -0.2) is 18.0 Å². The molecule has 0 amide bonds. The molecule has 3 rings (SSSR count). The fourth-order valence-electron chi connectivity index (χ4n) is 2.37. The molecule has 0 aliphatic carbocycles. The lowest BCUT2D eigenvalue weighted by Gasteiger charge is -2.12. The van der Waals surface area contributed by atoms with Crippen LogP contribution in [-0.2, 0) is 10.0 Å². The molecule has 1 heterocycles. The molecule has 0 bridgehead atoms. The molecular formula is C17H16ClN3O2S. The Morgan fingerprint density at radius 1 is 1.08 bits per heavy atom. The van der Waals surface area contributed by atoms with Gasteiger partial charge in [0.15, 0.2) is 0 Å². The van der Waals surface area contributed by atoms with E-state index >= 15 is 0 Å². The third-order valence-corrected chi connectivity index (χ3v) is 5.60. The largest absolute Gasteiger partial charge is 0.306 e. The maximum absolute atomic E-state index is 12.6. The van der Waals surface area contributed by atoms with Crippen molar-refractivity contribution < 1.29 is 8.42 Å². The number of nitrogens with zero attached hydrogens (tertiary/aromatic N) is 2. The van der Waals surface area contributed by atoms with Crippen molar-refractivity contribution in [2.24, 2.45) is 0 Å². The van der Waals surface area contributed by atoms with Gasteiger partial charge in [0.05, 0.1) is 11.2 Å². The molecule has 2 aromatic carbocycles. The quantitative estimate of drug-likeness (QED) is 0.765. The molecule has 0 aliphatic heterocycles. The van der Waals surface area contributed by atoms with E-state index < -0.39 is 10.0 Å². The number of sulfonamides is 1. The maximum Gasteiger partial charge on any atom is 0.262 e. The highest BCUT2D eigenvalue weighted by molar-refractivity contribution is 7.92. The van der Waals surface area contributed by atoms with E-state index in [4.69, 9.17) is 11.6 Å². The molecule has 3 aromatic rings. The lowest BCUT2D eigenvalue weighted by molar-refractivity contribution is 0.600. The van der Waals surface area contributed by atoms with E-state index in [0.717, 1.165) is 11.3 Å². The van der Waals surface area contributed by atoms with Crippen LogP contribution in [0.5, 0.6) is 0 Å². The summed E-state index contributed by atoms with van der Waals surface area (Å²) in [6, 6.07) is 10.3. The monoisotopic (exact) mass is 361 g/mol. The normalized spacial score (nSPS) is 11.5. The molecular weight excluding hydrogens is 346 g/mol. The fourth-order valence-corrected chi connectivity index (χ4v) is 3.96. The molecule has 5 nitrogen and oxygen atoms in total. The number of rotatable bonds is 4. The first-order chi connectivity index (χ1) is 11.4. The number of hydrogen-bond donors (Lipinski definition) is 1. The number of nitrogens with one attached hydrogen (secondary N) is 1. The van der Waals surface area contributed by atoms with Crippen LogP contribution < -0.4 is 4.72 Å². The highest BCUT2D eigenvalue weighted by Crippen LogP contribution is 2.26. The summed E-state index contributed by atoms with van der Waals surface area (Å²) in [6.07, 6.45) is 5.18. The zero-order valence-corrected chi connectivity index (χ0v) is 14.8. The Morgan fingerprint density at radius 3 is 2.42 bits per heavy atom. The Balaban J connectivity index is 1.88. The van der Waals surface area contributed by atoms with Gasteiger partial charge in [-0.1, -0.05) is 11.6 Å². The smallest absolute Gasteiger partial charge is 0.262 e. The minimum Gasteiger partial charge on any atom is -0.306 e. The van der Waals surface area contributed by atoms with Crippen LogP contribution in [0.1, 0.15) is 11.1 Å². The van der Waals surface area contributed by atoms with Crippen LogP contribution >= 0.6 is 11.6 Å². The van der Waals surface area contributed by atoms with E-state index in [1.807, 2.05) is 22.9 Å². The molecule has 7 heteroatoms. The number of hydrogen-bond acceptors (Lipinski definition) is 3. The van der Waals surface area contributed by atoms with Crippen molar-refractivity contribution in [2.75, 3.05) is 4.72 Å². The topological polar surface area (TPSA) is 64.0 Å². The molecule has 0 aliphatic rings. The van der Waals surface area contributed by atoms with E-state index in [9.17, 15) is 8.42 Å². The molecule has 0 spiro atoms. The minimum atomic E-state index is -3.68. The summed E-state index contributed by atoms with van der Waals surface area (Å²) >= 11 is 6.04. The van der Waals surface area contributed by atoms with E-state index in [-0.39, 0.29) is 4.90 Å². The zero-order chi connectivity index (χ0) is 17.3. The Morgan fingerprint density at radius 2 is 1.79 bits per heavy atom. The second-order valence-corrected chi connectivity index (χ2v) is 7.55. The predicted octanol–water partition coefficient (Wildman–Crippen LogP) is 3.94. The number of halogens is 1. The number of aromatic nitrogens is 2. The highest BCUT2D eigenvalue weighted by Gasteiger charge is 2.18. The third kappa shape index (κ3) is 3.29. The molecule has 1 N–H and O–H groups in total. The van der Waals surface area contributed by atoms with Gasteiger partial charge in [0.25, 0.3) is 10.0 Å². The second kappa shape index (κ2) is 6.30. The summed E-state index contributed by atoms with van der Waals surface area (Å²) in [5, 5.41) is 0.552. The van der Waals surface area contributed by atoms with Gasteiger partial charge in [0.2, 0.25) is 0 Å². The van der Waals surface area contributed by atoms with E-state index in [1.165, 1.54) is 0 Å². The predicted molar refractivity (Wildman–Crippen MR) is 95.3 cm³/mol. The van der Waals surface area contributed by atoms with Gasteiger partial charge in [0, 0.05) is 28.8 Å². The maximum atomic E-state index is 12.6. The molecule has 0 saturated heterocycles. The van der Waals surface area contributed by atoms with Gasteiger partial charge < -0.3 is 4.57 Å². The van der Waals surface area contributed by atoms with Crippen molar-refractivity contribution in [3.63, 3.8) is 0 Å². The van der Waals surface area contributed by atoms with Crippen molar-refractivity contribution in [1.29, 1.82) is 0 Å². The fraction of sp³-hybridized carbons (Fsp3) is 0.118. The van der Waals surface area contributed by atoms with Crippen LogP contribution in [0.3, 0.4) is 0 Å². The number of imidazole rings is 1. The molecule has 1 aromatic heterocycles. The third-order valence-electron chi connectivity index (χ3n) is 3.67. The lowest BCUT2D eigenvalue weighted by Crippen LogP contribution is -2.14. The number of benzene rings is 2. The molecule has 0 unspecified atom stereocenters. The summed E-state index contributed by atoms with van der Waals surface area (Å²) in [5.74, 6) is 0. The van der Waals surface area contributed by atoms with Crippen molar-refractivity contribution in [3.8, 4) is 5.69 Å². The Hall–Kier alpha value is -2.31. The standard InChI is InChI=1S/C17H16ClN3O2S/c1-12-10-17(13(2)9-16(12)18)24(22,23)20-14-3-5-15(6-4-14)21-8-7-19-11-21/h3-11,20H,1-2H3. The van der Waals surface area contributed by atoms with Gasteiger partial charge in [-0.2, -0.15) is 0 Å². The van der Waals surface area contributed by atoms with Gasteiger partial charge in [-0.3, -0.25) is 4.72 Å². The summed E-state index contributed by atoms with van der Waals surface area (Å²) in [6.45, 7) is 3.50. The van der Waals surface area contributed by atoms with Gasteiger partial charge >= 0.3 is 0 Å². The second-order valence-electron chi connectivity index (χ2n) is 5.49. The first kappa shape index (κ1) is 16.5. The van der Waals surface area contributed by atoms with Crippen LogP contribution in [0.2, 0.25) is 5.02 Å². The summed E-state index contributed by atoms with van der Waals surface area (Å²) in [4.78, 5) is 4.21. The van der Waals surface area contributed by atoms with Gasteiger partial charge in [0.1, 0.15) is 0 Å². The minimum absolute atomic E-state index is 0.225. The van der Waals surface area contributed by atoms with Gasteiger partial charge in [-0.15, -0.1) is 0 Å². The Bertz CT molecular complexity index is 966. The van der Waals surface area contributed by atoms with Gasteiger partial charge in [-0.25, -0.2) is 13.4 Å². The van der Waals surface area contributed by atoms with Crippen LogP contribution in [0, 0.1) is 13.8 Å². The van der Waals surface area contributed by atoms with Gasteiger partial charge in [-0.05, 0) is 61.4 Å². The molecule has 0 radical (unpaired) electrons. The van der Waals surface area contributed by atoms with Crippen LogP contribution in [0.4, 0.5) is 5.69 Å². The lowest BCUT2D eigenvalue weighted by atomic mass is 10.2. The van der Waals surface area contributed by atoms with E-state index in [1.54, 1.807) is 50.6 Å². The average Bonchev–Trinajstić information content (AvgIpc) is 3.05.